The van der Waals surface area contributed by atoms with Gasteiger partial charge in [0.2, 0.25) is 0 Å². The number of rotatable bonds is 6. The van der Waals surface area contributed by atoms with Gasteiger partial charge in [-0.1, -0.05) is 29.3 Å². The van der Waals surface area contributed by atoms with E-state index in [1.54, 1.807) is 12.1 Å². The Morgan fingerprint density at radius 1 is 1.16 bits per heavy atom. The monoisotopic (exact) mass is 318 g/mol. The predicted octanol–water partition coefficient (Wildman–Crippen LogP) is 3.66. The third-order valence-corrected chi connectivity index (χ3v) is 3.69. The molecule has 0 unspecified atom stereocenters. The van der Waals surface area contributed by atoms with Gasteiger partial charge in [0.1, 0.15) is 5.69 Å². The Bertz CT molecular complexity index is 548. The summed E-state index contributed by atoms with van der Waals surface area (Å²) >= 11 is 12.9. The van der Waals surface area contributed by atoms with Crippen LogP contribution in [-0.4, -0.2) is 27.1 Å². The molecule has 0 aliphatic heterocycles. The number of aliphatic hydroxyl groups excluding tert-OH is 1. The van der Waals surface area contributed by atoms with Gasteiger partial charge in [-0.05, 0) is 25.0 Å². The lowest BCUT2D eigenvalue weighted by molar-refractivity contribution is 0.250. The molecule has 0 fully saturated rings. The molecule has 0 saturated heterocycles. The minimum Gasteiger partial charge on any atom is -0.475 e. The second-order valence-electron chi connectivity index (χ2n) is 3.83. The van der Waals surface area contributed by atoms with E-state index in [0.717, 1.165) is 23.7 Å². The van der Waals surface area contributed by atoms with Crippen LogP contribution in [0.1, 0.15) is 12.8 Å². The Kier molecular flexibility index (Phi) is 5.39. The standard InChI is InChI=1S/C12H12Cl2N2O2S/c13-9-4-3-8(7-10(9)14)11-12(16-19-15-11)18-6-2-1-5-17/h3-4,7,17H,1-2,5-6H2. The molecule has 102 valence electrons. The molecule has 0 spiro atoms. The van der Waals surface area contributed by atoms with Crippen LogP contribution in [0.3, 0.4) is 0 Å². The van der Waals surface area contributed by atoms with Crippen molar-refractivity contribution in [2.24, 2.45) is 0 Å². The zero-order chi connectivity index (χ0) is 13.7. The number of hydrogen-bond acceptors (Lipinski definition) is 5. The van der Waals surface area contributed by atoms with Gasteiger partial charge in [-0.2, -0.15) is 4.37 Å². The molecule has 0 aliphatic rings. The van der Waals surface area contributed by atoms with Crippen LogP contribution in [0, 0.1) is 0 Å². The molecule has 0 amide bonds. The van der Waals surface area contributed by atoms with E-state index >= 15 is 0 Å². The van der Waals surface area contributed by atoms with Crippen LogP contribution in [-0.2, 0) is 0 Å². The van der Waals surface area contributed by atoms with Crippen LogP contribution in [0.15, 0.2) is 18.2 Å². The molecule has 1 heterocycles. The molecule has 19 heavy (non-hydrogen) atoms. The van der Waals surface area contributed by atoms with E-state index < -0.39 is 0 Å². The fraction of sp³-hybridized carbons (Fsp3) is 0.333. The van der Waals surface area contributed by atoms with Crippen LogP contribution < -0.4 is 4.74 Å². The quantitative estimate of drug-likeness (QED) is 0.826. The smallest absolute Gasteiger partial charge is 0.253 e. The molecule has 4 nitrogen and oxygen atoms in total. The number of aromatic nitrogens is 2. The third-order valence-electron chi connectivity index (χ3n) is 2.44. The lowest BCUT2D eigenvalue weighted by Gasteiger charge is -2.05. The van der Waals surface area contributed by atoms with Gasteiger partial charge in [0, 0.05) is 12.2 Å². The number of benzene rings is 1. The van der Waals surface area contributed by atoms with Crippen LogP contribution in [0.5, 0.6) is 5.88 Å². The van der Waals surface area contributed by atoms with Crippen molar-refractivity contribution in [1.82, 2.24) is 8.75 Å². The molecule has 1 N–H and O–H groups in total. The van der Waals surface area contributed by atoms with Crippen molar-refractivity contribution in [3.8, 4) is 17.1 Å². The minimum absolute atomic E-state index is 0.165. The SMILES string of the molecule is OCCCCOc1nsnc1-c1ccc(Cl)c(Cl)c1. The van der Waals surface area contributed by atoms with Gasteiger partial charge in [0.15, 0.2) is 0 Å². The zero-order valence-corrected chi connectivity index (χ0v) is 12.3. The normalized spacial score (nSPS) is 10.7. The predicted molar refractivity (Wildman–Crippen MR) is 77.2 cm³/mol. The van der Waals surface area contributed by atoms with Crippen LogP contribution in [0.2, 0.25) is 10.0 Å². The zero-order valence-electron chi connectivity index (χ0n) is 9.97. The van der Waals surface area contributed by atoms with Crippen molar-refractivity contribution in [3.05, 3.63) is 28.2 Å². The molecule has 2 rings (SSSR count). The Morgan fingerprint density at radius 2 is 2.00 bits per heavy atom. The fourth-order valence-corrected chi connectivity index (χ4v) is 2.30. The molecule has 0 saturated carbocycles. The number of unbranched alkanes of at least 4 members (excludes halogenated alkanes) is 1. The van der Waals surface area contributed by atoms with Crippen LogP contribution in [0.4, 0.5) is 0 Å². The summed E-state index contributed by atoms with van der Waals surface area (Å²) in [6, 6.07) is 5.28. The second kappa shape index (κ2) is 7.05. The largest absolute Gasteiger partial charge is 0.475 e. The highest BCUT2D eigenvalue weighted by Crippen LogP contribution is 2.32. The highest BCUT2D eigenvalue weighted by molar-refractivity contribution is 6.99. The maximum absolute atomic E-state index is 8.70. The number of ether oxygens (including phenoxy) is 1. The summed E-state index contributed by atoms with van der Waals surface area (Å²) in [5.74, 6) is 0.487. The molecular formula is C12H12Cl2N2O2S. The van der Waals surface area contributed by atoms with E-state index in [4.69, 9.17) is 33.0 Å². The van der Waals surface area contributed by atoms with E-state index in [9.17, 15) is 0 Å². The Balaban J connectivity index is 2.12. The molecule has 1 aromatic carbocycles. The minimum atomic E-state index is 0.165. The van der Waals surface area contributed by atoms with Crippen molar-refractivity contribution in [3.63, 3.8) is 0 Å². The van der Waals surface area contributed by atoms with Gasteiger partial charge in [-0.3, -0.25) is 0 Å². The lowest BCUT2D eigenvalue weighted by Crippen LogP contribution is -1.99. The Labute approximate surface area is 125 Å². The van der Waals surface area contributed by atoms with Crippen molar-refractivity contribution in [1.29, 1.82) is 0 Å². The second-order valence-corrected chi connectivity index (χ2v) is 5.17. The van der Waals surface area contributed by atoms with Crippen LogP contribution >= 0.6 is 34.9 Å². The first-order chi connectivity index (χ1) is 9.22. The maximum atomic E-state index is 8.70. The van der Waals surface area contributed by atoms with Crippen molar-refractivity contribution >= 4 is 34.9 Å². The molecule has 7 heteroatoms. The lowest BCUT2D eigenvalue weighted by atomic mass is 10.1. The van der Waals surface area contributed by atoms with Gasteiger partial charge in [-0.15, -0.1) is 4.37 Å². The summed E-state index contributed by atoms with van der Waals surface area (Å²) in [5, 5.41) is 9.67. The van der Waals surface area contributed by atoms with E-state index in [2.05, 4.69) is 8.75 Å². The first kappa shape index (κ1) is 14.5. The summed E-state index contributed by atoms with van der Waals surface area (Å²) in [5.41, 5.74) is 1.48. The number of aliphatic hydroxyl groups is 1. The van der Waals surface area contributed by atoms with E-state index in [1.807, 2.05) is 6.07 Å². The molecule has 0 aliphatic carbocycles. The van der Waals surface area contributed by atoms with Crippen LogP contribution in [0.25, 0.3) is 11.3 Å². The average molecular weight is 319 g/mol. The summed E-state index contributed by atoms with van der Waals surface area (Å²) in [6.07, 6.45) is 1.48. The molecular weight excluding hydrogens is 307 g/mol. The highest BCUT2D eigenvalue weighted by atomic mass is 35.5. The van der Waals surface area contributed by atoms with Gasteiger partial charge >= 0.3 is 0 Å². The Hall–Kier alpha value is -0.880. The first-order valence-corrected chi connectivity index (χ1v) is 7.22. The molecule has 0 atom stereocenters. The summed E-state index contributed by atoms with van der Waals surface area (Å²) in [7, 11) is 0. The fourth-order valence-electron chi connectivity index (χ4n) is 1.48. The molecule has 0 bridgehead atoms. The highest BCUT2D eigenvalue weighted by Gasteiger charge is 2.13. The van der Waals surface area contributed by atoms with E-state index in [1.165, 1.54) is 0 Å². The topological polar surface area (TPSA) is 55.2 Å². The Morgan fingerprint density at radius 3 is 2.74 bits per heavy atom. The van der Waals surface area contributed by atoms with Crippen molar-refractivity contribution in [2.75, 3.05) is 13.2 Å². The summed E-state index contributed by atoms with van der Waals surface area (Å²) in [6.45, 7) is 0.665. The number of halogens is 2. The molecule has 1 aromatic heterocycles. The third kappa shape index (κ3) is 3.79. The summed E-state index contributed by atoms with van der Waals surface area (Å²) in [4.78, 5) is 0. The van der Waals surface area contributed by atoms with E-state index in [0.29, 0.717) is 34.6 Å². The van der Waals surface area contributed by atoms with Gasteiger partial charge in [-0.25, -0.2) is 0 Å². The molecule has 2 aromatic rings. The summed E-state index contributed by atoms with van der Waals surface area (Å²) < 4.78 is 13.9. The van der Waals surface area contributed by atoms with Gasteiger partial charge < -0.3 is 9.84 Å². The van der Waals surface area contributed by atoms with Crippen molar-refractivity contribution < 1.29 is 9.84 Å². The maximum Gasteiger partial charge on any atom is 0.253 e. The number of hydrogen-bond donors (Lipinski definition) is 1. The molecule has 0 radical (unpaired) electrons. The first-order valence-electron chi connectivity index (χ1n) is 5.74. The van der Waals surface area contributed by atoms with Gasteiger partial charge in [0.05, 0.1) is 28.4 Å². The van der Waals surface area contributed by atoms with Gasteiger partial charge in [0.25, 0.3) is 5.88 Å². The van der Waals surface area contributed by atoms with Crippen molar-refractivity contribution in [2.45, 2.75) is 12.8 Å². The number of nitrogens with zero attached hydrogens (tertiary/aromatic N) is 2. The average Bonchev–Trinajstić information content (AvgIpc) is 2.86. The van der Waals surface area contributed by atoms with E-state index in [-0.39, 0.29) is 6.61 Å².